The number of hydrogen-bond donors (Lipinski definition) is 1. The molecule has 1 N–H and O–H groups in total. The van der Waals surface area contributed by atoms with Gasteiger partial charge < -0.3 is 10.1 Å². The summed E-state index contributed by atoms with van der Waals surface area (Å²) in [5.41, 5.74) is 1.45. The van der Waals surface area contributed by atoms with E-state index in [2.05, 4.69) is 15.4 Å². The van der Waals surface area contributed by atoms with Crippen molar-refractivity contribution in [2.24, 2.45) is 0 Å². The van der Waals surface area contributed by atoms with Crippen LogP contribution < -0.4 is 10.1 Å². The molecule has 0 saturated heterocycles. The third kappa shape index (κ3) is 2.65. The first-order chi connectivity index (χ1) is 8.70. The average molecular weight is 246 g/mol. The van der Waals surface area contributed by atoms with E-state index in [9.17, 15) is 4.79 Å². The molecule has 0 aliphatic heterocycles. The van der Waals surface area contributed by atoms with Crippen molar-refractivity contribution in [2.45, 2.75) is 20.0 Å². The molecule has 0 atom stereocenters. The Morgan fingerprint density at radius 2 is 2.28 bits per heavy atom. The second-order valence-corrected chi connectivity index (χ2v) is 3.95. The zero-order valence-electron chi connectivity index (χ0n) is 10.2. The normalized spacial score (nSPS) is 10.4. The third-order valence-electron chi connectivity index (χ3n) is 2.23. The minimum Gasteiger partial charge on any atom is -0.489 e. The van der Waals surface area contributed by atoms with Gasteiger partial charge in [0, 0.05) is 6.07 Å². The highest BCUT2D eigenvalue weighted by Crippen LogP contribution is 2.27. The Balaban J connectivity index is 2.38. The molecule has 18 heavy (non-hydrogen) atoms. The summed E-state index contributed by atoms with van der Waals surface area (Å²) in [6, 6.07) is 5.40. The molecule has 1 heterocycles. The van der Waals surface area contributed by atoms with E-state index in [4.69, 9.17) is 4.74 Å². The largest absolute Gasteiger partial charge is 0.489 e. The standard InChI is InChI=1S/C12H14N4O2/c1-9(2)18-12-5-10(16-7-13-6-15-16)3-4-11(12)14-8-17/h3-9H,1-2H3,(H,14,17). The van der Waals surface area contributed by atoms with Crippen molar-refractivity contribution in [1.82, 2.24) is 14.8 Å². The van der Waals surface area contributed by atoms with Crippen LogP contribution in [-0.4, -0.2) is 27.3 Å². The number of benzene rings is 1. The molecular weight excluding hydrogens is 232 g/mol. The van der Waals surface area contributed by atoms with Crippen LogP contribution in [0.3, 0.4) is 0 Å². The van der Waals surface area contributed by atoms with Crippen LogP contribution in [0.15, 0.2) is 30.9 Å². The van der Waals surface area contributed by atoms with Gasteiger partial charge in [0.25, 0.3) is 0 Å². The second-order valence-electron chi connectivity index (χ2n) is 3.95. The molecule has 0 spiro atoms. The quantitative estimate of drug-likeness (QED) is 0.814. The van der Waals surface area contributed by atoms with Crippen LogP contribution >= 0.6 is 0 Å². The molecule has 2 aromatic rings. The van der Waals surface area contributed by atoms with Crippen LogP contribution in [0.25, 0.3) is 5.69 Å². The van der Waals surface area contributed by atoms with Crippen molar-refractivity contribution in [1.29, 1.82) is 0 Å². The van der Waals surface area contributed by atoms with Gasteiger partial charge in [0.2, 0.25) is 6.41 Å². The molecule has 6 heteroatoms. The van der Waals surface area contributed by atoms with Crippen LogP contribution in [0.2, 0.25) is 0 Å². The Kier molecular flexibility index (Phi) is 3.57. The number of nitrogens with zero attached hydrogens (tertiary/aromatic N) is 3. The topological polar surface area (TPSA) is 69.0 Å². The van der Waals surface area contributed by atoms with Crippen LogP contribution in [-0.2, 0) is 4.79 Å². The lowest BCUT2D eigenvalue weighted by Gasteiger charge is -2.14. The van der Waals surface area contributed by atoms with Gasteiger partial charge in [0.05, 0.1) is 17.5 Å². The number of anilines is 1. The Hall–Kier alpha value is -2.37. The number of carbonyl (C=O) groups excluding carboxylic acids is 1. The lowest BCUT2D eigenvalue weighted by molar-refractivity contribution is -0.105. The van der Waals surface area contributed by atoms with E-state index < -0.39 is 0 Å². The number of nitrogens with one attached hydrogen (secondary N) is 1. The molecular formula is C12H14N4O2. The lowest BCUT2D eigenvalue weighted by atomic mass is 10.2. The monoisotopic (exact) mass is 246 g/mol. The average Bonchev–Trinajstić information content (AvgIpc) is 2.84. The zero-order valence-corrected chi connectivity index (χ0v) is 10.2. The van der Waals surface area contributed by atoms with Gasteiger partial charge in [-0.15, -0.1) is 0 Å². The van der Waals surface area contributed by atoms with Gasteiger partial charge in [0.15, 0.2) is 0 Å². The number of carbonyl (C=O) groups is 1. The first-order valence-corrected chi connectivity index (χ1v) is 5.56. The number of ether oxygens (including phenoxy) is 1. The lowest BCUT2D eigenvalue weighted by Crippen LogP contribution is -2.09. The Labute approximate surface area is 105 Å². The van der Waals surface area contributed by atoms with Crippen LogP contribution in [0.5, 0.6) is 5.75 Å². The molecule has 94 valence electrons. The minimum absolute atomic E-state index is 0.0169. The number of rotatable bonds is 5. The van der Waals surface area contributed by atoms with E-state index in [-0.39, 0.29) is 6.10 Å². The van der Waals surface area contributed by atoms with Gasteiger partial charge in [-0.25, -0.2) is 9.67 Å². The van der Waals surface area contributed by atoms with Gasteiger partial charge in [-0.05, 0) is 26.0 Å². The molecule has 1 aromatic heterocycles. The summed E-state index contributed by atoms with van der Waals surface area (Å²) >= 11 is 0. The summed E-state index contributed by atoms with van der Waals surface area (Å²) in [7, 11) is 0. The minimum atomic E-state index is 0.0169. The smallest absolute Gasteiger partial charge is 0.211 e. The van der Waals surface area contributed by atoms with Crippen molar-refractivity contribution in [3.05, 3.63) is 30.9 Å². The van der Waals surface area contributed by atoms with Crippen molar-refractivity contribution < 1.29 is 9.53 Å². The molecule has 0 fully saturated rings. The van der Waals surface area contributed by atoms with E-state index >= 15 is 0 Å². The highest BCUT2D eigenvalue weighted by atomic mass is 16.5. The summed E-state index contributed by atoms with van der Waals surface area (Å²) in [4.78, 5) is 14.4. The number of hydrogen-bond acceptors (Lipinski definition) is 4. The summed E-state index contributed by atoms with van der Waals surface area (Å²) in [5.74, 6) is 0.602. The molecule has 0 aliphatic carbocycles. The van der Waals surface area contributed by atoms with Crippen molar-refractivity contribution in [2.75, 3.05) is 5.32 Å². The fraction of sp³-hybridized carbons (Fsp3) is 0.250. The van der Waals surface area contributed by atoms with E-state index in [0.29, 0.717) is 17.8 Å². The molecule has 0 bridgehead atoms. The summed E-state index contributed by atoms with van der Waals surface area (Å²) in [6.45, 7) is 3.85. The molecule has 0 saturated carbocycles. The number of aromatic nitrogens is 3. The van der Waals surface area contributed by atoms with Crippen LogP contribution in [0, 0.1) is 0 Å². The Morgan fingerprint density at radius 1 is 1.44 bits per heavy atom. The van der Waals surface area contributed by atoms with E-state index in [1.165, 1.54) is 6.33 Å². The maximum Gasteiger partial charge on any atom is 0.211 e. The fourth-order valence-electron chi connectivity index (χ4n) is 1.53. The molecule has 6 nitrogen and oxygen atoms in total. The number of amides is 1. The molecule has 2 rings (SSSR count). The highest BCUT2D eigenvalue weighted by molar-refractivity contribution is 5.76. The van der Waals surface area contributed by atoms with E-state index in [0.717, 1.165) is 5.69 Å². The van der Waals surface area contributed by atoms with Crippen molar-refractivity contribution in [3.8, 4) is 11.4 Å². The molecule has 0 unspecified atom stereocenters. The van der Waals surface area contributed by atoms with Crippen LogP contribution in [0.1, 0.15) is 13.8 Å². The van der Waals surface area contributed by atoms with Gasteiger partial charge in [0.1, 0.15) is 18.4 Å². The summed E-state index contributed by atoms with van der Waals surface area (Å²) < 4.78 is 7.28. The van der Waals surface area contributed by atoms with E-state index in [1.807, 2.05) is 19.9 Å². The highest BCUT2D eigenvalue weighted by Gasteiger charge is 2.08. The first kappa shape index (κ1) is 12.1. The van der Waals surface area contributed by atoms with Gasteiger partial charge >= 0.3 is 0 Å². The Bertz CT molecular complexity index is 523. The van der Waals surface area contributed by atoms with E-state index in [1.54, 1.807) is 23.1 Å². The van der Waals surface area contributed by atoms with Gasteiger partial charge in [-0.2, -0.15) is 5.10 Å². The molecule has 1 aromatic carbocycles. The fourth-order valence-corrected chi connectivity index (χ4v) is 1.53. The van der Waals surface area contributed by atoms with Crippen molar-refractivity contribution in [3.63, 3.8) is 0 Å². The molecule has 0 radical (unpaired) electrons. The SMILES string of the molecule is CC(C)Oc1cc(-n2cncn2)ccc1NC=O. The van der Waals surface area contributed by atoms with Crippen molar-refractivity contribution >= 4 is 12.1 Å². The molecule has 1 amide bonds. The third-order valence-corrected chi connectivity index (χ3v) is 2.23. The molecule has 0 aliphatic rings. The maximum atomic E-state index is 10.5. The predicted octanol–water partition coefficient (Wildman–Crippen LogP) is 1.62. The summed E-state index contributed by atoms with van der Waals surface area (Å²) in [6.07, 6.45) is 3.70. The maximum absolute atomic E-state index is 10.5. The second kappa shape index (κ2) is 5.31. The first-order valence-electron chi connectivity index (χ1n) is 5.56. The van der Waals surface area contributed by atoms with Gasteiger partial charge in [-0.3, -0.25) is 4.79 Å². The predicted molar refractivity (Wildman–Crippen MR) is 66.8 cm³/mol. The Morgan fingerprint density at radius 3 is 2.89 bits per heavy atom. The van der Waals surface area contributed by atoms with Gasteiger partial charge in [-0.1, -0.05) is 0 Å². The van der Waals surface area contributed by atoms with Crippen LogP contribution in [0.4, 0.5) is 5.69 Å². The summed E-state index contributed by atoms with van der Waals surface area (Å²) in [5, 5.41) is 6.65. The zero-order chi connectivity index (χ0) is 13.0.